The molecule has 0 aliphatic heterocycles. The molecule has 142 valence electrons. The molecule has 6 nitrogen and oxygen atoms in total. The van der Waals surface area contributed by atoms with E-state index in [-0.39, 0.29) is 11.3 Å². The highest BCUT2D eigenvalue weighted by molar-refractivity contribution is 7.62. The Morgan fingerprint density at radius 3 is 2.41 bits per heavy atom. The van der Waals surface area contributed by atoms with Gasteiger partial charge in [-0.05, 0) is 30.7 Å². The van der Waals surface area contributed by atoms with E-state index in [4.69, 9.17) is 25.1 Å². The van der Waals surface area contributed by atoms with Crippen LogP contribution in [0.25, 0.3) is 11.5 Å². The number of halogens is 1. The molecule has 1 aromatic heterocycles. The molecule has 3 rings (SSSR count). The van der Waals surface area contributed by atoms with E-state index >= 15 is 0 Å². The smallest absolute Gasteiger partial charge is 0.384 e. The molecule has 0 radical (unpaired) electrons. The molecule has 0 aliphatic carbocycles. The number of oxazole rings is 1. The van der Waals surface area contributed by atoms with Crippen molar-refractivity contribution in [2.24, 2.45) is 0 Å². The van der Waals surface area contributed by atoms with Crippen molar-refractivity contribution in [2.45, 2.75) is 13.5 Å². The van der Waals surface area contributed by atoms with Gasteiger partial charge in [0.2, 0.25) is 17.2 Å². The van der Waals surface area contributed by atoms with E-state index < -0.39 is 7.60 Å². The van der Waals surface area contributed by atoms with Crippen molar-refractivity contribution in [3.05, 3.63) is 64.7 Å². The van der Waals surface area contributed by atoms with Gasteiger partial charge in [-0.25, -0.2) is 0 Å². The maximum atomic E-state index is 12.9. The van der Waals surface area contributed by atoms with Crippen LogP contribution in [-0.2, 0) is 20.2 Å². The lowest BCUT2D eigenvalue weighted by atomic mass is 10.1. The maximum absolute atomic E-state index is 12.9. The first kappa shape index (κ1) is 19.6. The van der Waals surface area contributed by atoms with Gasteiger partial charge in [0.05, 0.1) is 0 Å². The fraction of sp³-hybridized carbons (Fsp3) is 0.211. The van der Waals surface area contributed by atoms with E-state index in [1.165, 1.54) is 14.2 Å². The molecule has 1 heterocycles. The number of hydrogen-bond donors (Lipinski definition) is 1. The monoisotopic (exact) mass is 406 g/mol. The Kier molecular flexibility index (Phi) is 6.02. The summed E-state index contributed by atoms with van der Waals surface area (Å²) in [6.07, 6.45) is 0. The van der Waals surface area contributed by atoms with Crippen LogP contribution < -0.4 is 10.8 Å². The molecule has 0 bridgehead atoms. The van der Waals surface area contributed by atoms with Crippen molar-refractivity contribution in [1.82, 2.24) is 4.98 Å². The van der Waals surface area contributed by atoms with E-state index in [1.54, 1.807) is 6.07 Å². The minimum atomic E-state index is -3.61. The third kappa shape index (κ3) is 4.25. The van der Waals surface area contributed by atoms with Gasteiger partial charge in [-0.2, -0.15) is 4.98 Å². The summed E-state index contributed by atoms with van der Waals surface area (Å²) in [5, 5.41) is 3.72. The number of nitrogens with zero attached hydrogens (tertiary/aromatic N) is 1. The molecule has 0 saturated heterocycles. The van der Waals surface area contributed by atoms with Crippen molar-refractivity contribution >= 4 is 30.5 Å². The van der Waals surface area contributed by atoms with Crippen molar-refractivity contribution in [2.75, 3.05) is 19.5 Å². The highest BCUT2D eigenvalue weighted by Crippen LogP contribution is 2.47. The number of aromatic nitrogens is 1. The number of benzene rings is 2. The summed E-state index contributed by atoms with van der Waals surface area (Å²) < 4.78 is 29.0. The van der Waals surface area contributed by atoms with E-state index in [1.807, 2.05) is 49.4 Å². The van der Waals surface area contributed by atoms with Crippen LogP contribution in [0.4, 0.5) is 5.88 Å². The van der Waals surface area contributed by atoms with Crippen LogP contribution in [-0.4, -0.2) is 19.2 Å². The van der Waals surface area contributed by atoms with Gasteiger partial charge in [0, 0.05) is 31.4 Å². The molecule has 27 heavy (non-hydrogen) atoms. The average Bonchev–Trinajstić information content (AvgIpc) is 3.12. The van der Waals surface area contributed by atoms with Gasteiger partial charge in [0.15, 0.2) is 0 Å². The van der Waals surface area contributed by atoms with Crippen molar-refractivity contribution in [3.8, 4) is 11.5 Å². The van der Waals surface area contributed by atoms with Crippen molar-refractivity contribution < 1.29 is 18.0 Å². The summed E-state index contributed by atoms with van der Waals surface area (Å²) in [6.45, 7) is 2.36. The first-order valence-corrected chi connectivity index (χ1v) is 10.2. The van der Waals surface area contributed by atoms with Crippen LogP contribution in [0.1, 0.15) is 11.1 Å². The number of hydrogen-bond acceptors (Lipinski definition) is 6. The Morgan fingerprint density at radius 2 is 1.78 bits per heavy atom. The van der Waals surface area contributed by atoms with Gasteiger partial charge < -0.3 is 18.8 Å². The summed E-state index contributed by atoms with van der Waals surface area (Å²) in [7, 11) is -0.998. The Morgan fingerprint density at radius 1 is 1.11 bits per heavy atom. The molecule has 8 heteroatoms. The molecule has 0 unspecified atom stereocenters. The standard InChI is InChI=1S/C19H20ClN2O4P/c1-13-8-10-14(11-9-13)17-22-19(27(23,24-2)25-3)18(26-17)21-12-15-6-4-5-7-16(15)20/h4-11,21H,12H2,1-3H3. The van der Waals surface area contributed by atoms with Gasteiger partial charge in [-0.3, -0.25) is 4.57 Å². The van der Waals surface area contributed by atoms with E-state index in [0.717, 1.165) is 16.7 Å². The Labute approximate surface area is 163 Å². The number of anilines is 1. The second-order valence-corrected chi connectivity index (χ2v) is 8.40. The normalized spacial score (nSPS) is 11.6. The molecular formula is C19H20ClN2O4P. The Balaban J connectivity index is 1.98. The van der Waals surface area contributed by atoms with E-state index in [0.29, 0.717) is 17.5 Å². The zero-order chi connectivity index (χ0) is 19.4. The van der Waals surface area contributed by atoms with Crippen molar-refractivity contribution in [1.29, 1.82) is 0 Å². The minimum Gasteiger partial charge on any atom is -0.420 e. The lowest BCUT2D eigenvalue weighted by Crippen LogP contribution is -2.15. The van der Waals surface area contributed by atoms with Crippen LogP contribution in [0.2, 0.25) is 5.02 Å². The van der Waals surface area contributed by atoms with Gasteiger partial charge in [0.25, 0.3) is 0 Å². The molecule has 0 saturated carbocycles. The summed E-state index contributed by atoms with van der Waals surface area (Å²) in [6, 6.07) is 15.1. The van der Waals surface area contributed by atoms with Crippen LogP contribution in [0, 0.1) is 6.92 Å². The molecule has 0 fully saturated rings. The number of aryl methyl sites for hydroxylation is 1. The SMILES string of the molecule is COP(=O)(OC)c1nc(-c2ccc(C)cc2)oc1NCc1ccccc1Cl. The number of rotatable bonds is 7. The molecule has 1 N–H and O–H groups in total. The van der Waals surface area contributed by atoms with Crippen LogP contribution in [0.5, 0.6) is 0 Å². The van der Waals surface area contributed by atoms with Gasteiger partial charge >= 0.3 is 7.60 Å². The van der Waals surface area contributed by atoms with Crippen LogP contribution in [0.3, 0.4) is 0 Å². The zero-order valence-electron chi connectivity index (χ0n) is 15.2. The predicted molar refractivity (Wildman–Crippen MR) is 107 cm³/mol. The third-order valence-electron chi connectivity index (χ3n) is 4.05. The lowest BCUT2D eigenvalue weighted by molar-refractivity contribution is 0.286. The zero-order valence-corrected chi connectivity index (χ0v) is 16.9. The van der Waals surface area contributed by atoms with E-state index in [2.05, 4.69) is 10.3 Å². The quantitative estimate of drug-likeness (QED) is 0.555. The first-order valence-electron chi connectivity index (χ1n) is 8.24. The fourth-order valence-corrected chi connectivity index (χ4v) is 3.78. The summed E-state index contributed by atoms with van der Waals surface area (Å²) in [4.78, 5) is 4.38. The van der Waals surface area contributed by atoms with E-state index in [9.17, 15) is 4.57 Å². The molecular weight excluding hydrogens is 387 g/mol. The van der Waals surface area contributed by atoms with Crippen molar-refractivity contribution in [3.63, 3.8) is 0 Å². The second-order valence-electron chi connectivity index (χ2n) is 5.85. The Hall–Kier alpha value is -2.11. The predicted octanol–water partition coefficient (Wildman–Crippen LogP) is 5.03. The molecule has 0 atom stereocenters. The summed E-state index contributed by atoms with van der Waals surface area (Å²) in [5.74, 6) is 0.540. The minimum absolute atomic E-state index is 0.0927. The van der Waals surface area contributed by atoms with Gasteiger partial charge in [0.1, 0.15) is 0 Å². The Bertz CT molecular complexity index is 964. The van der Waals surface area contributed by atoms with Gasteiger partial charge in [-0.1, -0.05) is 47.5 Å². The molecule has 2 aromatic carbocycles. The average molecular weight is 407 g/mol. The first-order chi connectivity index (χ1) is 13.0. The van der Waals surface area contributed by atoms with Crippen LogP contribution in [0.15, 0.2) is 52.9 Å². The molecule has 3 aromatic rings. The third-order valence-corrected chi connectivity index (χ3v) is 6.20. The second kappa shape index (κ2) is 8.28. The maximum Gasteiger partial charge on any atom is 0.384 e. The fourth-order valence-electron chi connectivity index (χ4n) is 2.50. The molecule has 0 amide bonds. The summed E-state index contributed by atoms with van der Waals surface area (Å²) >= 11 is 6.20. The molecule has 0 spiro atoms. The molecule has 0 aliphatic rings. The highest BCUT2D eigenvalue weighted by Gasteiger charge is 2.34. The topological polar surface area (TPSA) is 73.6 Å². The van der Waals surface area contributed by atoms with Crippen LogP contribution >= 0.6 is 19.2 Å². The summed E-state index contributed by atoms with van der Waals surface area (Å²) in [5.41, 5.74) is 2.83. The van der Waals surface area contributed by atoms with Gasteiger partial charge in [-0.15, -0.1) is 0 Å². The highest BCUT2D eigenvalue weighted by atomic mass is 35.5. The number of nitrogens with one attached hydrogen (secondary N) is 1. The largest absolute Gasteiger partial charge is 0.420 e. The lowest BCUT2D eigenvalue weighted by Gasteiger charge is -2.12.